The third-order valence-corrected chi connectivity index (χ3v) is 3.86. The summed E-state index contributed by atoms with van der Waals surface area (Å²) in [5.41, 5.74) is 0.834. The number of carbonyl (C=O) groups excluding carboxylic acids is 2. The first-order valence-corrected chi connectivity index (χ1v) is 6.94. The van der Waals surface area contributed by atoms with Gasteiger partial charge in [0, 0.05) is 11.6 Å². The van der Waals surface area contributed by atoms with Gasteiger partial charge in [0.25, 0.3) is 0 Å². The Morgan fingerprint density at radius 2 is 1.70 bits per heavy atom. The Labute approximate surface area is 131 Å². The van der Waals surface area contributed by atoms with Crippen LogP contribution in [0.25, 0.3) is 0 Å². The van der Waals surface area contributed by atoms with E-state index < -0.39 is 18.0 Å². The van der Waals surface area contributed by atoms with Crippen molar-refractivity contribution in [3.8, 4) is 17.2 Å². The second-order valence-electron chi connectivity index (χ2n) is 5.43. The highest BCUT2D eigenvalue weighted by atomic mass is 16.5. The van der Waals surface area contributed by atoms with Crippen LogP contribution >= 0.6 is 0 Å². The van der Waals surface area contributed by atoms with Crippen molar-refractivity contribution in [2.75, 3.05) is 0 Å². The number of aromatic hydroxyl groups is 3. The fourth-order valence-corrected chi connectivity index (χ4v) is 2.86. The number of carbonyl (C=O) groups is 2. The minimum atomic E-state index is -1.09. The van der Waals surface area contributed by atoms with Crippen LogP contribution in [0, 0.1) is 0 Å². The fourth-order valence-electron chi connectivity index (χ4n) is 2.86. The summed E-state index contributed by atoms with van der Waals surface area (Å²) in [5, 5.41) is 29.2. The van der Waals surface area contributed by atoms with Crippen molar-refractivity contribution in [1.82, 2.24) is 0 Å². The van der Waals surface area contributed by atoms with Crippen LogP contribution in [0.5, 0.6) is 17.2 Å². The molecule has 0 unspecified atom stereocenters. The number of phenolic OH excluding ortho intramolecular Hbond substituents is 3. The molecular formula is C17H14O6. The molecule has 3 N–H and O–H groups in total. The van der Waals surface area contributed by atoms with E-state index in [-0.39, 0.29) is 34.2 Å². The molecule has 0 bridgehead atoms. The quantitative estimate of drug-likeness (QED) is 0.733. The van der Waals surface area contributed by atoms with E-state index >= 15 is 0 Å². The van der Waals surface area contributed by atoms with Gasteiger partial charge in [-0.2, -0.15) is 0 Å². The maximum atomic E-state index is 12.1. The van der Waals surface area contributed by atoms with E-state index in [0.717, 1.165) is 6.07 Å². The Bertz CT molecular complexity index is 793. The van der Waals surface area contributed by atoms with E-state index in [1.54, 1.807) is 12.1 Å². The van der Waals surface area contributed by atoms with Gasteiger partial charge in [-0.1, -0.05) is 12.1 Å². The van der Waals surface area contributed by atoms with Crippen molar-refractivity contribution < 1.29 is 29.6 Å². The summed E-state index contributed by atoms with van der Waals surface area (Å²) in [4.78, 5) is 24.0. The Balaban J connectivity index is 2.25. The summed E-state index contributed by atoms with van der Waals surface area (Å²) in [5.74, 6) is -2.38. The number of cyclic esters (lactones) is 1. The van der Waals surface area contributed by atoms with E-state index in [1.807, 2.05) is 0 Å². The van der Waals surface area contributed by atoms with Crippen LogP contribution in [-0.4, -0.2) is 33.2 Å². The molecule has 1 aliphatic heterocycles. The van der Waals surface area contributed by atoms with Crippen molar-refractivity contribution in [3.05, 3.63) is 53.1 Å². The molecule has 0 amide bonds. The topological polar surface area (TPSA) is 104 Å². The molecule has 0 fully saturated rings. The highest BCUT2D eigenvalue weighted by Gasteiger charge is 2.41. The molecule has 2 aromatic rings. The first-order chi connectivity index (χ1) is 10.9. The zero-order chi connectivity index (χ0) is 16.7. The van der Waals surface area contributed by atoms with Gasteiger partial charge in [0.05, 0.1) is 11.5 Å². The lowest BCUT2D eigenvalue weighted by molar-refractivity contribution is -0.126. The summed E-state index contributed by atoms with van der Waals surface area (Å²) in [7, 11) is 0. The summed E-state index contributed by atoms with van der Waals surface area (Å²) in [6.45, 7) is 1.30. The molecule has 3 rings (SSSR count). The van der Waals surface area contributed by atoms with Gasteiger partial charge in [-0.15, -0.1) is 0 Å². The van der Waals surface area contributed by atoms with E-state index in [2.05, 4.69) is 0 Å². The molecule has 2 aromatic carbocycles. The van der Waals surface area contributed by atoms with Crippen molar-refractivity contribution in [3.63, 3.8) is 0 Å². The third kappa shape index (κ3) is 2.48. The number of esters is 1. The molecule has 1 aliphatic rings. The SMILES string of the molecule is CC(=O)[C@@H]1OC(=O)c2cc(O)cc(O)c2[C@@H]1c1ccc(O)cc1. The van der Waals surface area contributed by atoms with E-state index in [4.69, 9.17) is 4.74 Å². The van der Waals surface area contributed by atoms with Crippen molar-refractivity contribution in [1.29, 1.82) is 0 Å². The predicted octanol–water partition coefficient (Wildman–Crippen LogP) is 2.06. The van der Waals surface area contributed by atoms with Gasteiger partial charge in [0.15, 0.2) is 11.9 Å². The second-order valence-corrected chi connectivity index (χ2v) is 5.43. The number of rotatable bonds is 2. The Morgan fingerprint density at radius 3 is 2.30 bits per heavy atom. The minimum absolute atomic E-state index is 0.0121. The molecule has 2 atom stereocenters. The van der Waals surface area contributed by atoms with Crippen LogP contribution in [0.2, 0.25) is 0 Å². The zero-order valence-electron chi connectivity index (χ0n) is 12.2. The summed E-state index contributed by atoms with van der Waals surface area (Å²) < 4.78 is 5.21. The number of benzene rings is 2. The lowest BCUT2D eigenvalue weighted by Gasteiger charge is -2.32. The summed E-state index contributed by atoms with van der Waals surface area (Å²) in [6.07, 6.45) is -1.09. The lowest BCUT2D eigenvalue weighted by Crippen LogP contribution is -2.37. The van der Waals surface area contributed by atoms with E-state index in [1.165, 1.54) is 25.1 Å². The maximum absolute atomic E-state index is 12.1. The molecule has 0 saturated carbocycles. The van der Waals surface area contributed by atoms with Gasteiger partial charge in [0.2, 0.25) is 0 Å². The molecule has 0 aliphatic carbocycles. The van der Waals surface area contributed by atoms with Crippen LogP contribution in [0.1, 0.15) is 34.3 Å². The second kappa shape index (κ2) is 5.31. The highest BCUT2D eigenvalue weighted by Crippen LogP contribution is 2.43. The summed E-state index contributed by atoms with van der Waals surface area (Å²) in [6, 6.07) is 8.37. The van der Waals surface area contributed by atoms with Crippen LogP contribution < -0.4 is 0 Å². The van der Waals surface area contributed by atoms with Gasteiger partial charge in [-0.05, 0) is 30.7 Å². The molecule has 6 heteroatoms. The van der Waals surface area contributed by atoms with Gasteiger partial charge >= 0.3 is 5.97 Å². The number of hydrogen-bond acceptors (Lipinski definition) is 6. The average Bonchev–Trinajstić information content (AvgIpc) is 2.48. The number of ether oxygens (including phenoxy) is 1. The zero-order valence-corrected chi connectivity index (χ0v) is 12.2. The summed E-state index contributed by atoms with van der Waals surface area (Å²) >= 11 is 0. The number of fused-ring (bicyclic) bond motifs is 1. The number of hydrogen-bond donors (Lipinski definition) is 3. The number of phenols is 3. The minimum Gasteiger partial charge on any atom is -0.508 e. The van der Waals surface area contributed by atoms with Gasteiger partial charge < -0.3 is 20.1 Å². The van der Waals surface area contributed by atoms with Gasteiger partial charge in [0.1, 0.15) is 17.2 Å². The Hall–Kier alpha value is -3.02. The van der Waals surface area contributed by atoms with Gasteiger partial charge in [-0.3, -0.25) is 4.79 Å². The van der Waals surface area contributed by atoms with Crippen LogP contribution in [0.3, 0.4) is 0 Å². The monoisotopic (exact) mass is 314 g/mol. The molecule has 1 heterocycles. The third-order valence-electron chi connectivity index (χ3n) is 3.86. The fraction of sp³-hybridized carbons (Fsp3) is 0.176. The van der Waals surface area contributed by atoms with E-state index in [0.29, 0.717) is 5.56 Å². The average molecular weight is 314 g/mol. The molecular weight excluding hydrogens is 300 g/mol. The molecule has 23 heavy (non-hydrogen) atoms. The molecule has 118 valence electrons. The standard InChI is InChI=1S/C17H14O6/c1-8(18)16-14(9-2-4-10(19)5-3-9)15-12(17(22)23-16)6-11(20)7-13(15)21/h2-7,14,16,19-21H,1H3/t14-,16-/m0/s1. The molecule has 0 aromatic heterocycles. The highest BCUT2D eigenvalue weighted by molar-refractivity contribution is 5.98. The van der Waals surface area contributed by atoms with Crippen LogP contribution in [0.4, 0.5) is 0 Å². The number of ketones is 1. The number of Topliss-reactive ketones (excluding diaryl/α,β-unsaturated/α-hetero) is 1. The molecule has 0 spiro atoms. The normalized spacial score (nSPS) is 19.8. The van der Waals surface area contributed by atoms with E-state index in [9.17, 15) is 24.9 Å². The predicted molar refractivity (Wildman–Crippen MR) is 79.6 cm³/mol. The lowest BCUT2D eigenvalue weighted by atomic mass is 9.80. The molecule has 0 radical (unpaired) electrons. The van der Waals surface area contributed by atoms with Gasteiger partial charge in [-0.25, -0.2) is 4.79 Å². The Morgan fingerprint density at radius 1 is 1.04 bits per heavy atom. The van der Waals surface area contributed by atoms with Crippen LogP contribution in [-0.2, 0) is 9.53 Å². The smallest absolute Gasteiger partial charge is 0.339 e. The first kappa shape index (κ1) is 14.9. The Kier molecular flexibility index (Phi) is 3.44. The first-order valence-electron chi connectivity index (χ1n) is 6.94. The van der Waals surface area contributed by atoms with Crippen molar-refractivity contribution in [2.24, 2.45) is 0 Å². The molecule has 0 saturated heterocycles. The van der Waals surface area contributed by atoms with Crippen molar-refractivity contribution >= 4 is 11.8 Å². The van der Waals surface area contributed by atoms with Crippen molar-refractivity contribution in [2.45, 2.75) is 18.9 Å². The largest absolute Gasteiger partial charge is 0.508 e. The molecule has 6 nitrogen and oxygen atoms in total. The van der Waals surface area contributed by atoms with Crippen LogP contribution in [0.15, 0.2) is 36.4 Å². The maximum Gasteiger partial charge on any atom is 0.339 e.